The zero-order valence-corrected chi connectivity index (χ0v) is 13.4. The quantitative estimate of drug-likeness (QED) is 0.870. The van der Waals surface area contributed by atoms with Crippen LogP contribution in [0.3, 0.4) is 0 Å². The molecule has 6 nitrogen and oxygen atoms in total. The summed E-state index contributed by atoms with van der Waals surface area (Å²) in [4.78, 5) is 17.4. The lowest BCUT2D eigenvalue weighted by Crippen LogP contribution is -2.47. The first kappa shape index (κ1) is 14.5. The van der Waals surface area contributed by atoms with Crippen molar-refractivity contribution < 1.29 is 9.21 Å². The van der Waals surface area contributed by atoms with Crippen molar-refractivity contribution in [2.24, 2.45) is 12.5 Å². The van der Waals surface area contributed by atoms with Gasteiger partial charge in [0.05, 0.1) is 29.8 Å². The summed E-state index contributed by atoms with van der Waals surface area (Å²) in [7, 11) is 1.88. The van der Waals surface area contributed by atoms with Crippen LogP contribution in [0, 0.1) is 5.41 Å². The van der Waals surface area contributed by atoms with Gasteiger partial charge in [-0.25, -0.2) is 0 Å². The van der Waals surface area contributed by atoms with Crippen molar-refractivity contribution in [2.75, 3.05) is 24.5 Å². The van der Waals surface area contributed by atoms with Gasteiger partial charge in [-0.15, -0.1) is 0 Å². The molecule has 1 amide bonds. The third-order valence-electron chi connectivity index (χ3n) is 5.16. The molecule has 0 unspecified atom stereocenters. The van der Waals surface area contributed by atoms with E-state index < -0.39 is 0 Å². The summed E-state index contributed by atoms with van der Waals surface area (Å²) in [6, 6.07) is 2.00. The Hall–Kier alpha value is -2.08. The molecule has 4 rings (SSSR count). The number of carbonyl (C=O) groups is 1. The second-order valence-electron chi connectivity index (χ2n) is 6.81. The Kier molecular flexibility index (Phi) is 3.49. The summed E-state index contributed by atoms with van der Waals surface area (Å²) in [5.74, 6) is 0.266. The highest BCUT2D eigenvalue weighted by Crippen LogP contribution is 2.42. The smallest absolute Gasteiger partial charge is 0.234 e. The molecule has 2 aromatic heterocycles. The van der Waals surface area contributed by atoms with Gasteiger partial charge in [0.15, 0.2) is 0 Å². The lowest BCUT2D eigenvalue weighted by Gasteiger charge is -2.38. The van der Waals surface area contributed by atoms with Gasteiger partial charge >= 0.3 is 0 Å². The van der Waals surface area contributed by atoms with E-state index in [0.717, 1.165) is 51.1 Å². The normalized spacial score (nSPS) is 25.6. The monoisotopic (exact) mass is 314 g/mol. The third-order valence-corrected chi connectivity index (χ3v) is 5.16. The molecule has 6 heteroatoms. The van der Waals surface area contributed by atoms with Gasteiger partial charge in [0.25, 0.3) is 0 Å². The predicted octanol–water partition coefficient (Wildman–Crippen LogP) is 2.03. The van der Waals surface area contributed by atoms with E-state index in [0.29, 0.717) is 0 Å². The highest BCUT2D eigenvalue weighted by molar-refractivity contribution is 6.00. The number of likely N-dealkylation sites (tertiary alicyclic amines) is 1. The van der Waals surface area contributed by atoms with Crippen LogP contribution in [0.15, 0.2) is 35.4 Å². The second kappa shape index (κ2) is 5.53. The van der Waals surface area contributed by atoms with Gasteiger partial charge in [0, 0.05) is 38.4 Å². The Morgan fingerprint density at radius 3 is 3.00 bits per heavy atom. The van der Waals surface area contributed by atoms with Crippen LogP contribution < -0.4 is 4.90 Å². The van der Waals surface area contributed by atoms with E-state index >= 15 is 0 Å². The molecule has 0 aliphatic carbocycles. The SMILES string of the molecule is Cn1cc(N2CC[C@]3(CCCN(Cc4ccoc4)C3)C2=O)cn1. The molecule has 0 N–H and O–H groups in total. The number of hydrogen-bond acceptors (Lipinski definition) is 4. The maximum Gasteiger partial charge on any atom is 0.234 e. The van der Waals surface area contributed by atoms with Gasteiger partial charge in [0.1, 0.15) is 0 Å². The van der Waals surface area contributed by atoms with Crippen LogP contribution in [0.2, 0.25) is 0 Å². The molecule has 0 radical (unpaired) electrons. The van der Waals surface area contributed by atoms with E-state index in [1.54, 1.807) is 23.4 Å². The Morgan fingerprint density at radius 2 is 2.26 bits per heavy atom. The van der Waals surface area contributed by atoms with Crippen LogP contribution in [0.1, 0.15) is 24.8 Å². The Balaban J connectivity index is 1.50. The van der Waals surface area contributed by atoms with Gasteiger partial charge in [-0.3, -0.25) is 14.4 Å². The molecule has 2 aliphatic rings. The van der Waals surface area contributed by atoms with Crippen LogP contribution in [-0.2, 0) is 18.4 Å². The first-order chi connectivity index (χ1) is 11.2. The topological polar surface area (TPSA) is 54.5 Å². The van der Waals surface area contributed by atoms with E-state index in [4.69, 9.17) is 4.42 Å². The summed E-state index contributed by atoms with van der Waals surface area (Å²) >= 11 is 0. The van der Waals surface area contributed by atoms with Crippen molar-refractivity contribution in [2.45, 2.75) is 25.8 Å². The average Bonchev–Trinajstić information content (AvgIpc) is 3.24. The highest BCUT2D eigenvalue weighted by Gasteiger charge is 2.49. The molecule has 4 heterocycles. The van der Waals surface area contributed by atoms with Gasteiger partial charge in [0.2, 0.25) is 5.91 Å². The number of hydrogen-bond donors (Lipinski definition) is 0. The van der Waals surface area contributed by atoms with E-state index in [2.05, 4.69) is 10.00 Å². The van der Waals surface area contributed by atoms with Crippen LogP contribution in [0.25, 0.3) is 0 Å². The summed E-state index contributed by atoms with van der Waals surface area (Å²) in [5.41, 5.74) is 1.87. The molecule has 2 saturated heterocycles. The van der Waals surface area contributed by atoms with Crippen LogP contribution in [0.4, 0.5) is 5.69 Å². The van der Waals surface area contributed by atoms with Crippen LogP contribution in [0.5, 0.6) is 0 Å². The van der Waals surface area contributed by atoms with E-state index in [1.807, 2.05) is 24.2 Å². The van der Waals surface area contributed by atoms with Crippen molar-refractivity contribution in [1.29, 1.82) is 0 Å². The van der Waals surface area contributed by atoms with Crippen molar-refractivity contribution in [3.05, 3.63) is 36.5 Å². The summed E-state index contributed by atoms with van der Waals surface area (Å²) < 4.78 is 6.91. The first-order valence-corrected chi connectivity index (χ1v) is 8.20. The van der Waals surface area contributed by atoms with Crippen molar-refractivity contribution >= 4 is 11.6 Å². The maximum absolute atomic E-state index is 13.1. The van der Waals surface area contributed by atoms with Gasteiger partial charge in [-0.05, 0) is 31.9 Å². The lowest BCUT2D eigenvalue weighted by atomic mass is 9.78. The first-order valence-electron chi connectivity index (χ1n) is 8.20. The largest absolute Gasteiger partial charge is 0.472 e. The van der Waals surface area contributed by atoms with Crippen molar-refractivity contribution in [3.8, 4) is 0 Å². The summed E-state index contributed by atoms with van der Waals surface area (Å²) in [6.45, 7) is 3.55. The molecule has 122 valence electrons. The number of aromatic nitrogens is 2. The molecule has 1 atom stereocenters. The predicted molar refractivity (Wildman–Crippen MR) is 85.8 cm³/mol. The van der Waals surface area contributed by atoms with Gasteiger partial charge in [-0.1, -0.05) is 0 Å². The Labute approximate surface area is 135 Å². The second-order valence-corrected chi connectivity index (χ2v) is 6.81. The molecule has 0 saturated carbocycles. The fraction of sp³-hybridized carbons (Fsp3) is 0.529. The maximum atomic E-state index is 13.1. The zero-order chi connectivity index (χ0) is 15.9. The number of amides is 1. The number of furan rings is 1. The molecule has 1 spiro atoms. The lowest BCUT2D eigenvalue weighted by molar-refractivity contribution is -0.128. The van der Waals surface area contributed by atoms with E-state index in [1.165, 1.54) is 5.56 Å². The van der Waals surface area contributed by atoms with Crippen LogP contribution >= 0.6 is 0 Å². The fourth-order valence-electron chi connectivity index (χ4n) is 4.00. The number of nitrogens with zero attached hydrogens (tertiary/aromatic N) is 4. The number of piperidine rings is 1. The van der Waals surface area contributed by atoms with Crippen molar-refractivity contribution in [1.82, 2.24) is 14.7 Å². The Bertz CT molecular complexity index is 693. The van der Waals surface area contributed by atoms with E-state index in [9.17, 15) is 4.79 Å². The number of aryl methyl sites for hydroxylation is 1. The number of carbonyl (C=O) groups excluding carboxylic acids is 1. The minimum atomic E-state index is -0.224. The molecule has 0 aromatic carbocycles. The minimum Gasteiger partial charge on any atom is -0.472 e. The molecule has 23 heavy (non-hydrogen) atoms. The van der Waals surface area contributed by atoms with Crippen LogP contribution in [-0.4, -0.2) is 40.2 Å². The van der Waals surface area contributed by atoms with Gasteiger partial charge < -0.3 is 9.32 Å². The van der Waals surface area contributed by atoms with Gasteiger partial charge in [-0.2, -0.15) is 5.10 Å². The minimum absolute atomic E-state index is 0.224. The fourth-order valence-corrected chi connectivity index (χ4v) is 4.00. The molecule has 0 bridgehead atoms. The third kappa shape index (κ3) is 2.57. The van der Waals surface area contributed by atoms with Crippen molar-refractivity contribution in [3.63, 3.8) is 0 Å². The molecular weight excluding hydrogens is 292 g/mol. The number of anilines is 1. The molecule has 2 aromatic rings. The molecular formula is C17H22N4O2. The molecule has 2 aliphatic heterocycles. The highest BCUT2D eigenvalue weighted by atomic mass is 16.3. The summed E-state index contributed by atoms with van der Waals surface area (Å²) in [5, 5.41) is 4.20. The summed E-state index contributed by atoms with van der Waals surface area (Å²) in [6.07, 6.45) is 10.2. The standard InChI is InChI=1S/C17H22N4O2/c1-19-11-15(9-18-19)21-7-5-17(16(21)22)4-2-6-20(13-17)10-14-3-8-23-12-14/h3,8-9,11-12H,2,4-7,10,13H2,1H3/t17-/m0/s1. The zero-order valence-electron chi connectivity index (χ0n) is 13.4. The Morgan fingerprint density at radius 1 is 1.35 bits per heavy atom. The average molecular weight is 314 g/mol. The number of rotatable bonds is 3. The molecule has 2 fully saturated rings. The van der Waals surface area contributed by atoms with E-state index in [-0.39, 0.29) is 11.3 Å².